The third kappa shape index (κ3) is 1.69. The highest BCUT2D eigenvalue weighted by molar-refractivity contribution is 5.60. The van der Waals surface area contributed by atoms with Crippen molar-refractivity contribution < 1.29 is 0 Å². The average Bonchev–Trinajstić information content (AvgIpc) is 1.95. The smallest absolute Gasteiger partial charge is 0.0633 e. The van der Waals surface area contributed by atoms with Gasteiger partial charge in [-0.05, 0) is 26.0 Å². The van der Waals surface area contributed by atoms with Crippen molar-refractivity contribution >= 4 is 11.9 Å². The highest BCUT2D eigenvalue weighted by Gasteiger charge is 1.84. The summed E-state index contributed by atoms with van der Waals surface area (Å²) >= 11 is 0. The van der Waals surface area contributed by atoms with Gasteiger partial charge >= 0.3 is 0 Å². The van der Waals surface area contributed by atoms with Gasteiger partial charge in [-0.1, -0.05) is 17.7 Å². The molecule has 0 heterocycles. The molecule has 1 aromatic rings. The van der Waals surface area contributed by atoms with E-state index >= 15 is 0 Å². The van der Waals surface area contributed by atoms with E-state index in [1.165, 1.54) is 5.56 Å². The van der Waals surface area contributed by atoms with E-state index in [9.17, 15) is 0 Å². The highest BCUT2D eigenvalue weighted by atomic mass is 14.7. The van der Waals surface area contributed by atoms with Gasteiger partial charge in [-0.15, -0.1) is 0 Å². The number of rotatable bonds is 1. The van der Waals surface area contributed by atoms with E-state index in [1.54, 1.807) is 6.92 Å². The number of nitrogens with zero attached hydrogens (tertiary/aromatic N) is 1. The maximum absolute atomic E-state index is 4.00. The van der Waals surface area contributed by atoms with E-state index in [0.29, 0.717) is 0 Å². The van der Waals surface area contributed by atoms with Crippen LogP contribution in [0.25, 0.3) is 0 Å². The molecule has 0 atom stereocenters. The summed E-state index contributed by atoms with van der Waals surface area (Å²) in [4.78, 5) is 4.00. The number of hydrogen-bond acceptors (Lipinski definition) is 1. The quantitative estimate of drug-likeness (QED) is 0.521. The summed E-state index contributed by atoms with van der Waals surface area (Å²) in [5.74, 6) is 0. The Morgan fingerprint density at radius 3 is 2.30 bits per heavy atom. The Kier molecular flexibility index (Phi) is 2.21. The summed E-state index contributed by atoms with van der Waals surface area (Å²) in [6.07, 6.45) is 2.73. The Labute approximate surface area is 61.4 Å². The molecule has 0 aliphatic heterocycles. The molecule has 1 rings (SSSR count). The van der Waals surface area contributed by atoms with Crippen molar-refractivity contribution in [2.24, 2.45) is 4.99 Å². The Morgan fingerprint density at radius 1 is 1.20 bits per heavy atom. The molecule has 51 valence electrons. The van der Waals surface area contributed by atoms with E-state index in [4.69, 9.17) is 0 Å². The monoisotopic (exact) mass is 132 g/mol. The SMILES string of the molecule is C[C]=Nc1ccc(C)cc1. The van der Waals surface area contributed by atoms with Crippen molar-refractivity contribution in [3.8, 4) is 0 Å². The van der Waals surface area contributed by atoms with Crippen LogP contribution in [0.3, 0.4) is 0 Å². The summed E-state index contributed by atoms with van der Waals surface area (Å²) in [6.45, 7) is 3.85. The molecule has 0 aromatic heterocycles. The zero-order chi connectivity index (χ0) is 7.40. The summed E-state index contributed by atoms with van der Waals surface area (Å²) in [7, 11) is 0. The molecule has 0 saturated carbocycles. The minimum atomic E-state index is 0.966. The van der Waals surface area contributed by atoms with Gasteiger partial charge in [-0.3, -0.25) is 4.99 Å². The predicted octanol–water partition coefficient (Wildman–Crippen LogP) is 2.59. The first-order valence-corrected chi connectivity index (χ1v) is 3.27. The van der Waals surface area contributed by atoms with E-state index in [1.807, 2.05) is 24.3 Å². The average molecular weight is 132 g/mol. The van der Waals surface area contributed by atoms with Crippen LogP contribution in [0.5, 0.6) is 0 Å². The molecule has 0 saturated heterocycles. The fourth-order valence-electron chi connectivity index (χ4n) is 0.748. The van der Waals surface area contributed by atoms with Crippen molar-refractivity contribution in [3.05, 3.63) is 29.8 Å². The van der Waals surface area contributed by atoms with Gasteiger partial charge in [-0.2, -0.15) is 0 Å². The maximum Gasteiger partial charge on any atom is 0.0633 e. The molecule has 0 aliphatic rings. The van der Waals surface area contributed by atoms with Crippen LogP contribution in [0.1, 0.15) is 12.5 Å². The van der Waals surface area contributed by atoms with Gasteiger partial charge in [0.2, 0.25) is 0 Å². The zero-order valence-electron chi connectivity index (χ0n) is 6.26. The van der Waals surface area contributed by atoms with Crippen LogP contribution in [-0.4, -0.2) is 6.21 Å². The second-order valence-corrected chi connectivity index (χ2v) is 2.17. The molecule has 0 aliphatic carbocycles. The Balaban J connectivity index is 2.89. The lowest BCUT2D eigenvalue weighted by Crippen LogP contribution is -1.68. The van der Waals surface area contributed by atoms with E-state index in [2.05, 4.69) is 18.1 Å². The second-order valence-electron chi connectivity index (χ2n) is 2.17. The Hall–Kier alpha value is -1.11. The fourth-order valence-corrected chi connectivity index (χ4v) is 0.748. The number of hydrogen-bond donors (Lipinski definition) is 0. The minimum absolute atomic E-state index is 0.966. The van der Waals surface area contributed by atoms with Gasteiger partial charge in [0.1, 0.15) is 0 Å². The molecule has 0 spiro atoms. The molecule has 1 aromatic carbocycles. The van der Waals surface area contributed by atoms with Crippen LogP contribution in [0.4, 0.5) is 5.69 Å². The van der Waals surface area contributed by atoms with Crippen LogP contribution < -0.4 is 0 Å². The topological polar surface area (TPSA) is 12.4 Å². The van der Waals surface area contributed by atoms with Crippen molar-refractivity contribution in [2.75, 3.05) is 0 Å². The van der Waals surface area contributed by atoms with Gasteiger partial charge in [0.05, 0.1) is 11.9 Å². The van der Waals surface area contributed by atoms with Crippen LogP contribution in [0.2, 0.25) is 0 Å². The standard InChI is InChI=1S/C9H10N/c1-3-10-9-6-4-8(2)5-7-9/h4-7H,1-2H3. The van der Waals surface area contributed by atoms with Gasteiger partial charge in [-0.25, -0.2) is 0 Å². The third-order valence-corrected chi connectivity index (χ3v) is 1.27. The zero-order valence-corrected chi connectivity index (χ0v) is 6.26. The molecular weight excluding hydrogens is 122 g/mol. The first kappa shape index (κ1) is 7.00. The molecule has 0 fully saturated rings. The van der Waals surface area contributed by atoms with Crippen LogP contribution >= 0.6 is 0 Å². The van der Waals surface area contributed by atoms with E-state index < -0.39 is 0 Å². The molecule has 0 bridgehead atoms. The van der Waals surface area contributed by atoms with Crippen molar-refractivity contribution in [3.63, 3.8) is 0 Å². The number of benzene rings is 1. The Morgan fingerprint density at radius 2 is 1.80 bits per heavy atom. The lowest BCUT2D eigenvalue weighted by atomic mass is 10.2. The first-order valence-electron chi connectivity index (χ1n) is 3.27. The molecule has 1 heteroatoms. The second kappa shape index (κ2) is 3.16. The molecule has 0 amide bonds. The Bertz CT molecular complexity index is 221. The van der Waals surface area contributed by atoms with Crippen molar-refractivity contribution in [2.45, 2.75) is 13.8 Å². The largest absolute Gasteiger partial charge is 0.252 e. The molecular formula is C9H10N. The summed E-state index contributed by atoms with van der Waals surface area (Å²) in [5.41, 5.74) is 2.23. The summed E-state index contributed by atoms with van der Waals surface area (Å²) in [6, 6.07) is 8.03. The molecule has 1 radical (unpaired) electrons. The van der Waals surface area contributed by atoms with E-state index in [-0.39, 0.29) is 0 Å². The molecule has 0 N–H and O–H groups in total. The number of aliphatic imine (C=N–C) groups is 1. The number of aryl methyl sites for hydroxylation is 1. The van der Waals surface area contributed by atoms with Gasteiger partial charge in [0, 0.05) is 0 Å². The van der Waals surface area contributed by atoms with Gasteiger partial charge < -0.3 is 0 Å². The summed E-state index contributed by atoms with van der Waals surface area (Å²) in [5, 5.41) is 0. The summed E-state index contributed by atoms with van der Waals surface area (Å²) < 4.78 is 0. The molecule has 10 heavy (non-hydrogen) atoms. The normalized spacial score (nSPS) is 10.6. The highest BCUT2D eigenvalue weighted by Crippen LogP contribution is 2.10. The lowest BCUT2D eigenvalue weighted by molar-refractivity contribution is 1.44. The third-order valence-electron chi connectivity index (χ3n) is 1.27. The van der Waals surface area contributed by atoms with E-state index in [0.717, 1.165) is 5.69 Å². The predicted molar refractivity (Wildman–Crippen MR) is 43.9 cm³/mol. The fraction of sp³-hybridized carbons (Fsp3) is 0.222. The van der Waals surface area contributed by atoms with Crippen LogP contribution in [-0.2, 0) is 0 Å². The molecule has 1 nitrogen and oxygen atoms in total. The lowest BCUT2D eigenvalue weighted by Gasteiger charge is -1.91. The maximum atomic E-state index is 4.00. The van der Waals surface area contributed by atoms with Crippen LogP contribution in [0, 0.1) is 6.92 Å². The van der Waals surface area contributed by atoms with Gasteiger partial charge in [0.25, 0.3) is 0 Å². The van der Waals surface area contributed by atoms with Gasteiger partial charge in [0.15, 0.2) is 0 Å². The van der Waals surface area contributed by atoms with Crippen LogP contribution in [0.15, 0.2) is 29.3 Å². The molecule has 0 unspecified atom stereocenters. The minimum Gasteiger partial charge on any atom is -0.252 e. The first-order chi connectivity index (χ1) is 4.83. The van der Waals surface area contributed by atoms with Crippen molar-refractivity contribution in [1.29, 1.82) is 0 Å². The van der Waals surface area contributed by atoms with Crippen molar-refractivity contribution in [1.82, 2.24) is 0 Å².